The minimum Gasteiger partial charge on any atom is -0.310 e. The first-order valence-corrected chi connectivity index (χ1v) is 14.9. The summed E-state index contributed by atoms with van der Waals surface area (Å²) in [4.78, 5) is 4.39. The van der Waals surface area contributed by atoms with Crippen molar-refractivity contribution in [3.63, 3.8) is 0 Å². The number of anilines is 6. The van der Waals surface area contributed by atoms with Crippen molar-refractivity contribution in [2.24, 2.45) is 0 Å². The maximum absolute atomic E-state index is 15.5. The van der Waals surface area contributed by atoms with Gasteiger partial charge in [-0.25, -0.2) is 4.39 Å². The van der Waals surface area contributed by atoms with Gasteiger partial charge in [0.05, 0.1) is 17.1 Å². The van der Waals surface area contributed by atoms with E-state index < -0.39 is 0 Å². The van der Waals surface area contributed by atoms with Crippen LogP contribution < -0.4 is 9.80 Å². The largest absolute Gasteiger partial charge is 0.310 e. The molecule has 0 bridgehead atoms. The van der Waals surface area contributed by atoms with Gasteiger partial charge in [-0.2, -0.15) is 0 Å². The summed E-state index contributed by atoms with van der Waals surface area (Å²) < 4.78 is 15.5. The van der Waals surface area contributed by atoms with E-state index in [1.165, 1.54) is 33.2 Å². The van der Waals surface area contributed by atoms with Crippen molar-refractivity contribution in [2.45, 2.75) is 6.92 Å². The van der Waals surface area contributed by atoms with Gasteiger partial charge in [0.1, 0.15) is 5.82 Å². The zero-order chi connectivity index (χ0) is 29.6. The number of para-hydroxylation sites is 4. The van der Waals surface area contributed by atoms with Crippen molar-refractivity contribution in [3.05, 3.63) is 169 Å². The van der Waals surface area contributed by atoms with Crippen LogP contribution in [-0.2, 0) is 0 Å². The molecule has 210 valence electrons. The monoisotopic (exact) mass is 568 g/mol. The van der Waals surface area contributed by atoms with Crippen molar-refractivity contribution in [1.29, 1.82) is 0 Å². The van der Waals surface area contributed by atoms with Crippen LogP contribution in [0.25, 0.3) is 32.3 Å². The molecule has 0 fully saturated rings. The third-order valence-electron chi connectivity index (χ3n) is 8.58. The number of aryl methyl sites for hydroxylation is 1. The SMILES string of the molecule is Cc1ccccc1N(c1ccccc1)c1ccc2ccc3c(N(c4ccccc4)c4ccccc4F)ccc4ccc1c2c43. The van der Waals surface area contributed by atoms with Crippen LogP contribution in [0.3, 0.4) is 0 Å². The molecule has 0 amide bonds. The molecule has 0 saturated heterocycles. The van der Waals surface area contributed by atoms with Gasteiger partial charge in [-0.1, -0.05) is 103 Å². The summed E-state index contributed by atoms with van der Waals surface area (Å²) in [6.07, 6.45) is 0. The summed E-state index contributed by atoms with van der Waals surface area (Å²) in [6, 6.07) is 53.7. The van der Waals surface area contributed by atoms with Crippen molar-refractivity contribution in [3.8, 4) is 0 Å². The van der Waals surface area contributed by atoms with Crippen LogP contribution in [0.15, 0.2) is 158 Å². The second-order valence-corrected chi connectivity index (χ2v) is 11.2. The molecule has 2 nitrogen and oxygen atoms in total. The molecule has 0 spiro atoms. The molecule has 0 aliphatic heterocycles. The predicted molar refractivity (Wildman–Crippen MR) is 184 cm³/mol. The van der Waals surface area contributed by atoms with Crippen LogP contribution in [0.2, 0.25) is 0 Å². The lowest BCUT2D eigenvalue weighted by atomic mass is 9.91. The molecule has 0 radical (unpaired) electrons. The van der Waals surface area contributed by atoms with Gasteiger partial charge >= 0.3 is 0 Å². The van der Waals surface area contributed by atoms with Gasteiger partial charge < -0.3 is 9.80 Å². The third-order valence-corrected chi connectivity index (χ3v) is 8.58. The molecule has 0 heterocycles. The van der Waals surface area contributed by atoms with Crippen LogP contribution in [0.1, 0.15) is 5.56 Å². The fourth-order valence-electron chi connectivity index (χ4n) is 6.58. The van der Waals surface area contributed by atoms with E-state index in [-0.39, 0.29) is 5.82 Å². The Balaban J connectivity index is 1.43. The molecule has 0 aliphatic rings. The standard InChI is InChI=1S/C41H29FN2/c1-28-12-8-10-18-36(28)43(31-13-4-2-5-14-31)37-26-22-29-21-25-34-38(27-23-30-20-24-33(37)40(29)41(30)34)44(32-15-6-3-7-16-32)39-19-11-9-17-35(39)42/h2-27H,1H3. The first-order chi connectivity index (χ1) is 21.7. The van der Waals surface area contributed by atoms with E-state index in [1.54, 1.807) is 6.07 Å². The van der Waals surface area contributed by atoms with Crippen LogP contribution in [-0.4, -0.2) is 0 Å². The topological polar surface area (TPSA) is 6.48 Å². The Labute approximate surface area is 256 Å². The lowest BCUT2D eigenvalue weighted by Crippen LogP contribution is -2.12. The number of nitrogens with zero attached hydrogens (tertiary/aromatic N) is 2. The van der Waals surface area contributed by atoms with Crippen LogP contribution in [0.5, 0.6) is 0 Å². The van der Waals surface area contributed by atoms with Crippen molar-refractivity contribution in [2.75, 3.05) is 9.80 Å². The Kier molecular flexibility index (Phi) is 6.23. The van der Waals surface area contributed by atoms with Gasteiger partial charge in [0.25, 0.3) is 0 Å². The predicted octanol–water partition coefficient (Wildman–Crippen LogP) is 12.0. The third kappa shape index (κ3) is 4.17. The average Bonchev–Trinajstić information content (AvgIpc) is 3.07. The second kappa shape index (κ2) is 10.6. The summed E-state index contributed by atoms with van der Waals surface area (Å²) in [5, 5.41) is 6.95. The van der Waals surface area contributed by atoms with Gasteiger partial charge in [0.2, 0.25) is 0 Å². The van der Waals surface area contributed by atoms with E-state index in [0.717, 1.165) is 39.2 Å². The Bertz CT molecular complexity index is 2100. The molecule has 0 unspecified atom stereocenters. The first kappa shape index (κ1) is 26.0. The summed E-state index contributed by atoms with van der Waals surface area (Å²) in [7, 11) is 0. The molecule has 8 aromatic rings. The minimum atomic E-state index is -0.263. The Morgan fingerprint density at radius 1 is 0.386 bits per heavy atom. The van der Waals surface area contributed by atoms with Crippen LogP contribution in [0.4, 0.5) is 38.5 Å². The number of hydrogen-bond donors (Lipinski definition) is 0. The van der Waals surface area contributed by atoms with Gasteiger partial charge in [0, 0.05) is 27.8 Å². The van der Waals surface area contributed by atoms with E-state index in [9.17, 15) is 0 Å². The van der Waals surface area contributed by atoms with Gasteiger partial charge in [0.15, 0.2) is 0 Å². The van der Waals surface area contributed by atoms with E-state index in [0.29, 0.717) is 5.69 Å². The highest BCUT2D eigenvalue weighted by atomic mass is 19.1. The molecule has 8 aromatic carbocycles. The first-order valence-electron chi connectivity index (χ1n) is 14.9. The molecule has 0 N–H and O–H groups in total. The van der Waals surface area contributed by atoms with Crippen molar-refractivity contribution >= 4 is 66.4 Å². The van der Waals surface area contributed by atoms with E-state index >= 15 is 4.39 Å². The molecule has 0 aliphatic carbocycles. The Hall–Kier alpha value is -5.67. The normalized spacial score (nSPS) is 11.4. The maximum Gasteiger partial charge on any atom is 0.147 e. The Morgan fingerprint density at radius 2 is 0.818 bits per heavy atom. The number of rotatable bonds is 6. The minimum absolute atomic E-state index is 0.263. The number of benzene rings is 8. The van der Waals surface area contributed by atoms with Gasteiger partial charge in [-0.05, 0) is 88.6 Å². The average molecular weight is 569 g/mol. The van der Waals surface area contributed by atoms with E-state index in [2.05, 4.69) is 115 Å². The zero-order valence-electron chi connectivity index (χ0n) is 24.3. The molecule has 3 heteroatoms. The highest BCUT2D eigenvalue weighted by Gasteiger charge is 2.22. The summed E-state index contributed by atoms with van der Waals surface area (Å²) >= 11 is 0. The second-order valence-electron chi connectivity index (χ2n) is 11.2. The molecule has 0 atom stereocenters. The molecule has 8 rings (SSSR count). The molecular weight excluding hydrogens is 539 g/mol. The maximum atomic E-state index is 15.5. The smallest absolute Gasteiger partial charge is 0.147 e. The van der Waals surface area contributed by atoms with Gasteiger partial charge in [-0.15, -0.1) is 0 Å². The van der Waals surface area contributed by atoms with Crippen molar-refractivity contribution in [1.82, 2.24) is 0 Å². The Morgan fingerprint density at radius 3 is 1.34 bits per heavy atom. The number of hydrogen-bond acceptors (Lipinski definition) is 2. The molecular formula is C41H29FN2. The molecule has 0 aromatic heterocycles. The quantitative estimate of drug-likeness (QED) is 0.184. The van der Waals surface area contributed by atoms with Crippen molar-refractivity contribution < 1.29 is 4.39 Å². The lowest BCUT2D eigenvalue weighted by Gasteiger charge is -2.30. The number of halogens is 1. The lowest BCUT2D eigenvalue weighted by molar-refractivity contribution is 0.629. The zero-order valence-corrected chi connectivity index (χ0v) is 24.3. The summed E-state index contributed by atoms with van der Waals surface area (Å²) in [5.74, 6) is -0.263. The molecule has 44 heavy (non-hydrogen) atoms. The summed E-state index contributed by atoms with van der Waals surface area (Å²) in [5.41, 5.74) is 6.93. The van der Waals surface area contributed by atoms with Crippen LogP contribution in [0, 0.1) is 12.7 Å². The fourth-order valence-corrected chi connectivity index (χ4v) is 6.58. The highest BCUT2D eigenvalue weighted by Crippen LogP contribution is 2.47. The highest BCUT2D eigenvalue weighted by molar-refractivity contribution is 6.28. The molecule has 0 saturated carbocycles. The summed E-state index contributed by atoms with van der Waals surface area (Å²) in [6.45, 7) is 2.16. The van der Waals surface area contributed by atoms with Gasteiger partial charge in [-0.3, -0.25) is 0 Å². The van der Waals surface area contributed by atoms with E-state index in [1.807, 2.05) is 47.4 Å². The van der Waals surface area contributed by atoms with Crippen LogP contribution >= 0.6 is 0 Å². The fraction of sp³-hybridized carbons (Fsp3) is 0.0244. The van der Waals surface area contributed by atoms with E-state index in [4.69, 9.17) is 0 Å².